The Morgan fingerprint density at radius 3 is 2.40 bits per heavy atom. The number of piperidine rings is 1. The highest BCUT2D eigenvalue weighted by Gasteiger charge is 2.72. The van der Waals surface area contributed by atoms with Crippen LogP contribution in [0.2, 0.25) is 0 Å². The normalized spacial score (nSPS) is 22.0. The van der Waals surface area contributed by atoms with Gasteiger partial charge in [-0.05, 0) is 48.4 Å². The van der Waals surface area contributed by atoms with Crippen LogP contribution in [0, 0.1) is 30.1 Å². The van der Waals surface area contributed by atoms with Crippen molar-refractivity contribution in [3.63, 3.8) is 0 Å². The number of aryl methyl sites for hydroxylation is 1. The standard InChI is InChI=1S/C32H35F3N6O4S.2ClH/c1-14(2)24(36)27(42)38-16-7-9-40(12-16)28(43)21-15(3)10-20(32(33,34)35)39-25(21)18-6-8-37-19-11-17(46-26(18)19)13-41-29(44)22-23(30(41)45)31(22,4)5;;/h6,8,10-11,14,16,22-24H,7,9,12-13,36H2,1-5H3,(H,38,42);2*1H/t16-,22?,23?,24?;;/m0../s1. The predicted octanol–water partition coefficient (Wildman–Crippen LogP) is 4.98. The smallest absolute Gasteiger partial charge is 0.350 e. The van der Waals surface area contributed by atoms with Gasteiger partial charge in [0, 0.05) is 35.8 Å². The highest BCUT2D eigenvalue weighted by atomic mass is 35.5. The number of amides is 4. The summed E-state index contributed by atoms with van der Waals surface area (Å²) in [4.78, 5) is 64.2. The quantitative estimate of drug-likeness (QED) is 0.327. The van der Waals surface area contributed by atoms with Crippen molar-refractivity contribution in [2.75, 3.05) is 13.1 Å². The first-order valence-electron chi connectivity index (χ1n) is 15.2. The number of hydrogen-bond acceptors (Lipinski definition) is 8. The molecule has 260 valence electrons. The van der Waals surface area contributed by atoms with E-state index in [1.165, 1.54) is 40.3 Å². The number of pyridine rings is 2. The van der Waals surface area contributed by atoms with Gasteiger partial charge in [-0.25, -0.2) is 4.98 Å². The van der Waals surface area contributed by atoms with Crippen LogP contribution in [-0.4, -0.2) is 68.6 Å². The number of nitrogens with two attached hydrogens (primary N) is 1. The number of carbonyl (C=O) groups excluding carboxylic acids is 4. The van der Waals surface area contributed by atoms with Crippen LogP contribution in [0.3, 0.4) is 0 Å². The van der Waals surface area contributed by atoms with Crippen LogP contribution in [0.5, 0.6) is 0 Å². The molecular formula is C32H37Cl2F3N6O4S. The fourth-order valence-corrected chi connectivity index (χ4v) is 7.79. The molecule has 2 aliphatic heterocycles. The minimum absolute atomic E-state index is 0. The summed E-state index contributed by atoms with van der Waals surface area (Å²) in [6.45, 7) is 9.38. The van der Waals surface area contributed by atoms with Crippen LogP contribution in [0.15, 0.2) is 24.4 Å². The Balaban J connectivity index is 0.00000260. The Bertz CT molecular complexity index is 1770. The van der Waals surface area contributed by atoms with Gasteiger partial charge in [0.1, 0.15) is 5.69 Å². The van der Waals surface area contributed by atoms with Crippen LogP contribution >= 0.6 is 36.2 Å². The molecule has 3 aromatic rings. The molecule has 6 rings (SSSR count). The van der Waals surface area contributed by atoms with E-state index in [-0.39, 0.29) is 114 Å². The molecule has 1 aliphatic carbocycles. The Morgan fingerprint density at radius 1 is 1.15 bits per heavy atom. The Labute approximate surface area is 291 Å². The molecule has 10 nitrogen and oxygen atoms in total. The van der Waals surface area contributed by atoms with Crippen LogP contribution < -0.4 is 11.1 Å². The maximum atomic E-state index is 14.0. The Morgan fingerprint density at radius 2 is 1.79 bits per heavy atom. The second-order valence-electron chi connectivity index (χ2n) is 13.4. The van der Waals surface area contributed by atoms with E-state index in [1.54, 1.807) is 6.07 Å². The summed E-state index contributed by atoms with van der Waals surface area (Å²) >= 11 is 1.20. The van der Waals surface area contributed by atoms with E-state index >= 15 is 0 Å². The monoisotopic (exact) mass is 728 g/mol. The number of imide groups is 1. The number of nitrogens with zero attached hydrogens (tertiary/aromatic N) is 4. The third-order valence-corrected chi connectivity index (χ3v) is 10.6. The first-order valence-corrected chi connectivity index (χ1v) is 16.0. The average Bonchev–Trinajstić information content (AvgIpc) is 3.38. The van der Waals surface area contributed by atoms with Crippen molar-refractivity contribution in [1.82, 2.24) is 25.1 Å². The number of rotatable bonds is 7. The van der Waals surface area contributed by atoms with E-state index in [4.69, 9.17) is 5.73 Å². The van der Waals surface area contributed by atoms with Crippen molar-refractivity contribution in [3.05, 3.63) is 46.1 Å². The molecule has 3 unspecified atom stereocenters. The van der Waals surface area contributed by atoms with Crippen molar-refractivity contribution in [1.29, 1.82) is 0 Å². The molecule has 5 heterocycles. The van der Waals surface area contributed by atoms with Crippen LogP contribution in [0.25, 0.3) is 21.5 Å². The van der Waals surface area contributed by atoms with Crippen LogP contribution in [0.1, 0.15) is 60.6 Å². The first-order chi connectivity index (χ1) is 21.5. The fourth-order valence-electron chi connectivity index (χ4n) is 6.67. The van der Waals surface area contributed by atoms with E-state index in [0.717, 1.165) is 6.07 Å². The minimum Gasteiger partial charge on any atom is -0.350 e. The largest absolute Gasteiger partial charge is 0.433 e. The summed E-state index contributed by atoms with van der Waals surface area (Å²) in [6, 6.07) is 3.03. The van der Waals surface area contributed by atoms with Crippen molar-refractivity contribution in [3.8, 4) is 11.3 Å². The summed E-state index contributed by atoms with van der Waals surface area (Å²) < 4.78 is 42.5. The number of thiophene rings is 1. The lowest BCUT2D eigenvalue weighted by atomic mass is 9.99. The summed E-state index contributed by atoms with van der Waals surface area (Å²) in [7, 11) is 0. The summed E-state index contributed by atoms with van der Waals surface area (Å²) in [5.74, 6) is -2.02. The maximum absolute atomic E-state index is 14.0. The zero-order valence-corrected chi connectivity index (χ0v) is 29.3. The van der Waals surface area contributed by atoms with E-state index in [0.29, 0.717) is 21.5 Å². The molecule has 4 amide bonds. The van der Waals surface area contributed by atoms with Gasteiger partial charge in [-0.1, -0.05) is 27.7 Å². The van der Waals surface area contributed by atoms with Crippen LogP contribution in [0.4, 0.5) is 13.2 Å². The first kappa shape index (κ1) is 37.5. The van der Waals surface area contributed by atoms with Crippen molar-refractivity contribution >= 4 is 70.0 Å². The van der Waals surface area contributed by atoms with Gasteiger partial charge < -0.3 is 16.0 Å². The van der Waals surface area contributed by atoms with E-state index < -0.39 is 23.8 Å². The zero-order chi connectivity index (χ0) is 33.5. The van der Waals surface area contributed by atoms with E-state index in [1.807, 2.05) is 27.7 Å². The third kappa shape index (κ3) is 6.39. The van der Waals surface area contributed by atoms with Gasteiger partial charge in [0.15, 0.2) is 0 Å². The molecular weight excluding hydrogens is 692 g/mol. The Hall–Kier alpha value is -3.33. The molecule has 16 heteroatoms. The van der Waals surface area contributed by atoms with Crippen LogP contribution in [-0.2, 0) is 27.1 Å². The second-order valence-corrected chi connectivity index (χ2v) is 14.5. The van der Waals surface area contributed by atoms with Gasteiger partial charge in [-0.2, -0.15) is 13.2 Å². The molecule has 0 aromatic carbocycles. The second kappa shape index (κ2) is 13.2. The van der Waals surface area contributed by atoms with E-state index in [2.05, 4.69) is 15.3 Å². The van der Waals surface area contributed by atoms with Gasteiger partial charge >= 0.3 is 6.18 Å². The summed E-state index contributed by atoms with van der Waals surface area (Å²) in [5.41, 5.74) is 5.21. The predicted molar refractivity (Wildman–Crippen MR) is 179 cm³/mol. The number of likely N-dealkylation sites (tertiary alicyclic amines) is 2. The number of aromatic nitrogens is 2. The lowest BCUT2D eigenvalue weighted by molar-refractivity contribution is -0.144. The molecule has 3 aromatic heterocycles. The number of halogens is 5. The molecule has 0 spiro atoms. The van der Waals surface area contributed by atoms with E-state index in [9.17, 15) is 32.3 Å². The Kier molecular flexibility index (Phi) is 10.3. The van der Waals surface area contributed by atoms with Gasteiger partial charge in [0.2, 0.25) is 17.7 Å². The van der Waals surface area contributed by atoms with Gasteiger partial charge in [-0.3, -0.25) is 29.1 Å². The SMILES string of the molecule is Cc1cc(C(F)(F)F)nc(-c2ccnc3cc(CN4C(=O)C5C(C4=O)C5(C)C)sc23)c1C(=O)N1CC[C@H](NC(=O)C(N)C(C)C)C1.Cl.Cl. The molecule has 3 aliphatic rings. The molecule has 4 atom stereocenters. The molecule has 0 bridgehead atoms. The van der Waals surface area contributed by atoms with Gasteiger partial charge in [0.25, 0.3) is 5.91 Å². The highest BCUT2D eigenvalue weighted by Crippen LogP contribution is 2.63. The number of alkyl halides is 3. The number of fused-ring (bicyclic) bond motifs is 2. The number of carbonyl (C=O) groups is 4. The van der Waals surface area contributed by atoms with Crippen molar-refractivity contribution in [2.45, 2.75) is 65.8 Å². The zero-order valence-electron chi connectivity index (χ0n) is 26.9. The van der Waals surface area contributed by atoms with Crippen molar-refractivity contribution < 1.29 is 32.3 Å². The summed E-state index contributed by atoms with van der Waals surface area (Å²) in [5, 5.41) is 2.88. The van der Waals surface area contributed by atoms with Gasteiger partial charge in [0.05, 0.1) is 45.9 Å². The lowest BCUT2D eigenvalue weighted by Crippen LogP contribution is -2.48. The third-order valence-electron chi connectivity index (χ3n) is 9.49. The highest BCUT2D eigenvalue weighted by molar-refractivity contribution is 7.19. The van der Waals surface area contributed by atoms with Gasteiger partial charge in [-0.15, -0.1) is 36.2 Å². The molecule has 2 saturated heterocycles. The lowest BCUT2D eigenvalue weighted by Gasteiger charge is -2.22. The maximum Gasteiger partial charge on any atom is 0.433 e. The fraction of sp³-hybridized carbons (Fsp3) is 0.500. The summed E-state index contributed by atoms with van der Waals surface area (Å²) in [6.07, 6.45) is -2.87. The molecule has 48 heavy (non-hydrogen) atoms. The molecule has 3 N–H and O–H groups in total. The number of hydrogen-bond donors (Lipinski definition) is 2. The minimum atomic E-state index is -4.77. The van der Waals surface area contributed by atoms with Crippen molar-refractivity contribution in [2.24, 2.45) is 28.9 Å². The topological polar surface area (TPSA) is 139 Å². The number of nitrogens with one attached hydrogen (secondary N) is 1. The average molecular weight is 730 g/mol. The molecule has 1 saturated carbocycles. The molecule has 0 radical (unpaired) electrons. The molecule has 3 fully saturated rings.